The van der Waals surface area contributed by atoms with Gasteiger partial charge < -0.3 is 15.5 Å². The second kappa shape index (κ2) is 9.63. The predicted molar refractivity (Wildman–Crippen MR) is 128 cm³/mol. The number of nitrogens with one attached hydrogen (secondary N) is 2. The maximum atomic E-state index is 13.3. The highest BCUT2D eigenvalue weighted by Gasteiger charge is 2.37. The number of aromatic nitrogens is 3. The minimum atomic E-state index is -5.00. The van der Waals surface area contributed by atoms with Crippen LogP contribution in [0.5, 0.6) is 0 Å². The van der Waals surface area contributed by atoms with Gasteiger partial charge in [-0.1, -0.05) is 0 Å². The summed E-state index contributed by atoms with van der Waals surface area (Å²) in [5, 5.41) is 9.94. The summed E-state index contributed by atoms with van der Waals surface area (Å²) < 4.78 is 81.2. The number of halogens is 6. The smallest absolute Gasteiger partial charge is 0.369 e. The van der Waals surface area contributed by atoms with Crippen LogP contribution >= 0.6 is 0 Å². The Morgan fingerprint density at radius 1 is 0.895 bits per heavy atom. The number of hydrogen-bond acceptors (Lipinski definition) is 5. The number of amides is 1. The summed E-state index contributed by atoms with van der Waals surface area (Å²) in [6.07, 6.45) is -7.54. The molecule has 38 heavy (non-hydrogen) atoms. The van der Waals surface area contributed by atoms with E-state index in [1.807, 2.05) is 12.1 Å². The minimum Gasteiger partial charge on any atom is -0.369 e. The highest BCUT2D eigenvalue weighted by atomic mass is 19.4. The van der Waals surface area contributed by atoms with Gasteiger partial charge in [-0.05, 0) is 54.1 Å². The van der Waals surface area contributed by atoms with E-state index >= 15 is 0 Å². The van der Waals surface area contributed by atoms with Crippen LogP contribution in [0, 0.1) is 0 Å². The van der Waals surface area contributed by atoms with Crippen molar-refractivity contribution < 1.29 is 31.1 Å². The van der Waals surface area contributed by atoms with Crippen LogP contribution in [0.15, 0.2) is 60.9 Å². The lowest BCUT2D eigenvalue weighted by molar-refractivity contribution is -0.143. The molecular formula is C25H20F6N6O. The predicted octanol–water partition coefficient (Wildman–Crippen LogP) is 5.10. The van der Waals surface area contributed by atoms with Gasteiger partial charge in [0.1, 0.15) is 5.69 Å². The van der Waals surface area contributed by atoms with Crippen molar-refractivity contribution in [3.8, 4) is 11.1 Å². The van der Waals surface area contributed by atoms with Crippen LogP contribution in [0.3, 0.4) is 0 Å². The van der Waals surface area contributed by atoms with Crippen LogP contribution in [0.4, 0.5) is 37.7 Å². The molecule has 4 aromatic rings. The molecule has 0 radical (unpaired) electrons. The molecule has 3 heterocycles. The number of carbonyl (C=O) groups excluding carboxylic acids is 1. The molecule has 1 amide bonds. The first-order valence-corrected chi connectivity index (χ1v) is 11.5. The summed E-state index contributed by atoms with van der Waals surface area (Å²) in [5.41, 5.74) is -2.04. The van der Waals surface area contributed by atoms with Crippen LogP contribution < -0.4 is 15.5 Å². The molecule has 1 fully saturated rings. The third-order valence-corrected chi connectivity index (χ3v) is 6.11. The average Bonchev–Trinajstić information content (AvgIpc) is 3.32. The van der Waals surface area contributed by atoms with Gasteiger partial charge in [0, 0.05) is 49.3 Å². The van der Waals surface area contributed by atoms with E-state index in [9.17, 15) is 31.1 Å². The number of nitrogens with zero attached hydrogens (tertiary/aromatic N) is 4. The molecule has 1 aliphatic heterocycles. The summed E-state index contributed by atoms with van der Waals surface area (Å²) >= 11 is 0. The number of benzene rings is 2. The molecule has 0 aliphatic carbocycles. The zero-order valence-electron chi connectivity index (χ0n) is 19.6. The van der Waals surface area contributed by atoms with Gasteiger partial charge in [-0.15, -0.1) is 0 Å². The Hall–Kier alpha value is -4.13. The van der Waals surface area contributed by atoms with Gasteiger partial charge in [-0.25, -0.2) is 9.50 Å². The van der Waals surface area contributed by atoms with E-state index in [1.165, 1.54) is 16.8 Å². The molecule has 1 aliphatic rings. The average molecular weight is 534 g/mol. The number of fused-ring (bicyclic) bond motifs is 1. The minimum absolute atomic E-state index is 0.0505. The Kier molecular flexibility index (Phi) is 6.47. The standard InChI is InChI=1S/C25H20F6N6O/c26-24(27,28)16-11-15(12-17(13-16)25(29,30)31)20-14-33-37-8-5-21(35-22(20)37)23(38)34-18-1-3-19(4-2-18)36-9-6-32-7-10-36/h1-5,8,11-14,32H,6-7,9-10H2,(H,34,38). The van der Waals surface area contributed by atoms with Crippen molar-refractivity contribution in [3.63, 3.8) is 0 Å². The Bertz CT molecular complexity index is 1440. The molecule has 0 spiro atoms. The number of alkyl halides is 6. The number of piperazine rings is 1. The van der Waals surface area contributed by atoms with Crippen molar-refractivity contribution in [3.05, 3.63) is 77.7 Å². The van der Waals surface area contributed by atoms with Gasteiger partial charge in [0.2, 0.25) is 0 Å². The lowest BCUT2D eigenvalue weighted by Crippen LogP contribution is -2.43. The molecule has 1 saturated heterocycles. The van der Waals surface area contributed by atoms with E-state index in [2.05, 4.69) is 25.6 Å². The van der Waals surface area contributed by atoms with E-state index in [1.54, 1.807) is 12.1 Å². The van der Waals surface area contributed by atoms with Crippen molar-refractivity contribution in [1.82, 2.24) is 19.9 Å². The van der Waals surface area contributed by atoms with Gasteiger partial charge >= 0.3 is 12.4 Å². The van der Waals surface area contributed by atoms with Crippen molar-refractivity contribution in [2.24, 2.45) is 0 Å². The van der Waals surface area contributed by atoms with Crippen LogP contribution in [0.1, 0.15) is 21.6 Å². The molecule has 2 aromatic carbocycles. The topological polar surface area (TPSA) is 74.6 Å². The summed E-state index contributed by atoms with van der Waals surface area (Å²) in [5.74, 6) is -0.602. The SMILES string of the molecule is O=C(Nc1ccc(N2CCNCC2)cc1)c1ccn2ncc(-c3cc(C(F)(F)F)cc(C(F)(F)F)c3)c2n1. The summed E-state index contributed by atoms with van der Waals surface area (Å²) in [7, 11) is 0. The molecule has 7 nitrogen and oxygen atoms in total. The highest BCUT2D eigenvalue weighted by Crippen LogP contribution is 2.39. The highest BCUT2D eigenvalue weighted by molar-refractivity contribution is 6.03. The fraction of sp³-hybridized carbons (Fsp3) is 0.240. The van der Waals surface area contributed by atoms with E-state index in [-0.39, 0.29) is 28.5 Å². The van der Waals surface area contributed by atoms with Crippen molar-refractivity contribution in [2.45, 2.75) is 12.4 Å². The van der Waals surface area contributed by atoms with Crippen LogP contribution in [-0.2, 0) is 12.4 Å². The maximum Gasteiger partial charge on any atom is 0.416 e. The number of anilines is 2. The second-order valence-corrected chi connectivity index (χ2v) is 8.67. The summed E-state index contributed by atoms with van der Waals surface area (Å²) in [6.45, 7) is 3.47. The van der Waals surface area contributed by atoms with Gasteiger partial charge in [-0.3, -0.25) is 4.79 Å². The molecule has 0 atom stereocenters. The first-order chi connectivity index (χ1) is 18.0. The Labute approximate surface area is 212 Å². The van der Waals surface area contributed by atoms with Gasteiger partial charge in [-0.2, -0.15) is 31.4 Å². The zero-order chi connectivity index (χ0) is 27.1. The quantitative estimate of drug-likeness (QED) is 0.357. The number of rotatable bonds is 4. The first kappa shape index (κ1) is 25.5. The van der Waals surface area contributed by atoms with Crippen LogP contribution in [0.25, 0.3) is 16.8 Å². The van der Waals surface area contributed by atoms with Crippen molar-refractivity contribution >= 4 is 22.9 Å². The van der Waals surface area contributed by atoms with Gasteiger partial charge in [0.25, 0.3) is 5.91 Å². The number of hydrogen-bond donors (Lipinski definition) is 2. The van der Waals surface area contributed by atoms with E-state index in [0.29, 0.717) is 17.8 Å². The lowest BCUT2D eigenvalue weighted by Gasteiger charge is -2.29. The van der Waals surface area contributed by atoms with E-state index < -0.39 is 29.4 Å². The third-order valence-electron chi connectivity index (χ3n) is 6.11. The maximum absolute atomic E-state index is 13.3. The Morgan fingerprint density at radius 3 is 2.13 bits per heavy atom. The van der Waals surface area contributed by atoms with Crippen molar-refractivity contribution in [2.75, 3.05) is 36.4 Å². The summed E-state index contributed by atoms with van der Waals surface area (Å²) in [4.78, 5) is 19.3. The summed E-state index contributed by atoms with van der Waals surface area (Å²) in [6, 6.07) is 9.81. The fourth-order valence-electron chi connectivity index (χ4n) is 4.18. The molecule has 2 aromatic heterocycles. The van der Waals surface area contributed by atoms with Gasteiger partial charge in [0.15, 0.2) is 5.65 Å². The third kappa shape index (κ3) is 5.28. The number of carbonyl (C=O) groups is 1. The van der Waals surface area contributed by atoms with E-state index in [0.717, 1.165) is 38.1 Å². The molecule has 198 valence electrons. The molecule has 2 N–H and O–H groups in total. The van der Waals surface area contributed by atoms with Gasteiger partial charge in [0.05, 0.1) is 17.3 Å². The molecule has 0 saturated carbocycles. The van der Waals surface area contributed by atoms with Crippen LogP contribution in [0.2, 0.25) is 0 Å². The second-order valence-electron chi connectivity index (χ2n) is 8.67. The van der Waals surface area contributed by atoms with Crippen LogP contribution in [-0.4, -0.2) is 46.7 Å². The fourth-order valence-corrected chi connectivity index (χ4v) is 4.18. The Morgan fingerprint density at radius 2 is 1.53 bits per heavy atom. The molecule has 13 heteroatoms. The Balaban J connectivity index is 1.44. The first-order valence-electron chi connectivity index (χ1n) is 11.5. The molecular weight excluding hydrogens is 514 g/mol. The normalized spacial score (nSPS) is 14.6. The molecule has 5 rings (SSSR count). The monoisotopic (exact) mass is 534 g/mol. The molecule has 0 bridgehead atoms. The molecule has 0 unspecified atom stereocenters. The zero-order valence-corrected chi connectivity index (χ0v) is 19.6. The lowest BCUT2D eigenvalue weighted by atomic mass is 10.0. The van der Waals surface area contributed by atoms with Crippen molar-refractivity contribution in [1.29, 1.82) is 0 Å². The van der Waals surface area contributed by atoms with E-state index in [4.69, 9.17) is 0 Å². The largest absolute Gasteiger partial charge is 0.416 e.